The number of halogens is 1. The molecule has 2 heterocycles. The zero-order valence-corrected chi connectivity index (χ0v) is 15.3. The first-order valence-corrected chi connectivity index (χ1v) is 8.94. The molecule has 1 aliphatic rings. The van der Waals surface area contributed by atoms with E-state index in [1.807, 2.05) is 13.8 Å². The molecule has 0 radical (unpaired) electrons. The quantitative estimate of drug-likeness (QED) is 0.767. The Kier molecular flexibility index (Phi) is 4.23. The van der Waals surface area contributed by atoms with E-state index in [1.165, 1.54) is 16.2 Å². The predicted octanol–water partition coefficient (Wildman–Crippen LogP) is 3.17. The fourth-order valence-electron chi connectivity index (χ4n) is 2.74. The van der Waals surface area contributed by atoms with Gasteiger partial charge in [-0.1, -0.05) is 0 Å². The molecule has 0 saturated carbocycles. The molecule has 0 aromatic carbocycles. The zero-order valence-electron chi connectivity index (χ0n) is 12.4. The number of fused-ring (bicyclic) bond motifs is 1. The van der Waals surface area contributed by atoms with Crippen LogP contribution in [0.2, 0.25) is 0 Å². The van der Waals surface area contributed by atoms with Crippen LogP contribution in [-0.4, -0.2) is 15.7 Å². The van der Waals surface area contributed by atoms with Gasteiger partial charge in [0.25, 0.3) is 0 Å². The third-order valence-electron chi connectivity index (χ3n) is 3.87. The second kappa shape index (κ2) is 6.01. The first-order chi connectivity index (χ1) is 10.5. The number of nitrogens with one attached hydrogen (secondary N) is 1. The van der Waals surface area contributed by atoms with Crippen molar-refractivity contribution in [2.75, 3.05) is 5.32 Å². The standard InChI is InChI=1S/C15H15IN4OS/c1-8-14(16)9(2)20(19-8)7-13(21)18-15-11(6-17)10-4-3-5-12(10)22-15/h3-5,7H2,1-2H3,(H,18,21). The third kappa shape index (κ3) is 2.65. The molecule has 1 aliphatic carbocycles. The second-order valence-corrected chi connectivity index (χ2v) is 7.55. The van der Waals surface area contributed by atoms with Crippen molar-refractivity contribution < 1.29 is 4.79 Å². The predicted molar refractivity (Wildman–Crippen MR) is 94.1 cm³/mol. The molecule has 0 saturated heterocycles. The fourth-order valence-corrected chi connectivity index (χ4v) is 4.38. The molecule has 7 heteroatoms. The summed E-state index contributed by atoms with van der Waals surface area (Å²) in [5, 5.41) is 17.3. The molecule has 1 amide bonds. The van der Waals surface area contributed by atoms with E-state index in [0.29, 0.717) is 10.6 Å². The number of carbonyl (C=O) groups excluding carboxylic acids is 1. The van der Waals surface area contributed by atoms with E-state index in [9.17, 15) is 10.1 Å². The first kappa shape index (κ1) is 15.5. The van der Waals surface area contributed by atoms with Gasteiger partial charge in [-0.2, -0.15) is 10.4 Å². The highest BCUT2D eigenvalue weighted by molar-refractivity contribution is 14.1. The minimum absolute atomic E-state index is 0.140. The maximum Gasteiger partial charge on any atom is 0.246 e. The summed E-state index contributed by atoms with van der Waals surface area (Å²) in [6.45, 7) is 4.05. The Bertz CT molecular complexity index is 800. The van der Waals surface area contributed by atoms with Gasteiger partial charge in [0.05, 0.1) is 14.8 Å². The van der Waals surface area contributed by atoms with Gasteiger partial charge in [-0.25, -0.2) is 0 Å². The van der Waals surface area contributed by atoms with Crippen molar-refractivity contribution in [2.24, 2.45) is 0 Å². The number of hydrogen-bond donors (Lipinski definition) is 1. The molecule has 0 aliphatic heterocycles. The van der Waals surface area contributed by atoms with Gasteiger partial charge in [0, 0.05) is 10.6 Å². The van der Waals surface area contributed by atoms with Crippen LogP contribution in [0.15, 0.2) is 0 Å². The molecular formula is C15H15IN4OS. The van der Waals surface area contributed by atoms with E-state index >= 15 is 0 Å². The van der Waals surface area contributed by atoms with Crippen LogP contribution in [0.5, 0.6) is 0 Å². The van der Waals surface area contributed by atoms with Crippen LogP contribution in [0.25, 0.3) is 0 Å². The maximum atomic E-state index is 12.3. The Morgan fingerprint density at radius 3 is 2.91 bits per heavy atom. The lowest BCUT2D eigenvalue weighted by atomic mass is 10.1. The normalized spacial score (nSPS) is 13.0. The second-order valence-electron chi connectivity index (χ2n) is 5.36. The van der Waals surface area contributed by atoms with E-state index in [2.05, 4.69) is 39.1 Å². The minimum atomic E-state index is -0.140. The van der Waals surface area contributed by atoms with E-state index < -0.39 is 0 Å². The molecule has 0 spiro atoms. The topological polar surface area (TPSA) is 70.7 Å². The molecule has 2 aromatic heterocycles. The fraction of sp³-hybridized carbons (Fsp3) is 0.400. The van der Waals surface area contributed by atoms with Gasteiger partial charge in [-0.3, -0.25) is 9.48 Å². The Labute approximate surface area is 146 Å². The van der Waals surface area contributed by atoms with E-state index in [-0.39, 0.29) is 12.5 Å². The van der Waals surface area contributed by atoms with Crippen LogP contribution >= 0.6 is 33.9 Å². The van der Waals surface area contributed by atoms with E-state index in [4.69, 9.17) is 0 Å². The van der Waals surface area contributed by atoms with Crippen LogP contribution in [0, 0.1) is 28.7 Å². The van der Waals surface area contributed by atoms with Gasteiger partial charge >= 0.3 is 0 Å². The molecule has 0 unspecified atom stereocenters. The van der Waals surface area contributed by atoms with Crippen molar-refractivity contribution in [1.82, 2.24) is 9.78 Å². The Balaban J connectivity index is 1.78. The van der Waals surface area contributed by atoms with Crippen molar-refractivity contribution >= 4 is 44.8 Å². The highest BCUT2D eigenvalue weighted by Gasteiger charge is 2.23. The number of aromatic nitrogens is 2. The minimum Gasteiger partial charge on any atom is -0.315 e. The summed E-state index contributed by atoms with van der Waals surface area (Å²) in [5.74, 6) is -0.140. The molecule has 0 bridgehead atoms. The highest BCUT2D eigenvalue weighted by atomic mass is 127. The summed E-state index contributed by atoms with van der Waals surface area (Å²) in [6, 6.07) is 2.24. The molecule has 0 fully saturated rings. The molecular weight excluding hydrogens is 411 g/mol. The number of nitriles is 1. The third-order valence-corrected chi connectivity index (χ3v) is 6.64. The van der Waals surface area contributed by atoms with Crippen LogP contribution in [-0.2, 0) is 24.2 Å². The number of amides is 1. The van der Waals surface area contributed by atoms with Crippen molar-refractivity contribution in [3.05, 3.63) is 31.0 Å². The molecule has 3 rings (SSSR count). The number of hydrogen-bond acceptors (Lipinski definition) is 4. The van der Waals surface area contributed by atoms with Crippen molar-refractivity contribution in [2.45, 2.75) is 39.7 Å². The van der Waals surface area contributed by atoms with Crippen molar-refractivity contribution in [1.29, 1.82) is 5.26 Å². The van der Waals surface area contributed by atoms with Crippen LogP contribution < -0.4 is 5.32 Å². The van der Waals surface area contributed by atoms with E-state index in [0.717, 1.165) is 39.8 Å². The average molecular weight is 426 g/mol. The van der Waals surface area contributed by atoms with Gasteiger partial charge < -0.3 is 5.32 Å². The van der Waals surface area contributed by atoms with Crippen LogP contribution in [0.3, 0.4) is 0 Å². The van der Waals surface area contributed by atoms with Gasteiger partial charge in [0.2, 0.25) is 5.91 Å². The number of rotatable bonds is 3. The van der Waals surface area contributed by atoms with Crippen molar-refractivity contribution in [3.8, 4) is 6.07 Å². The van der Waals surface area contributed by atoms with Crippen LogP contribution in [0.4, 0.5) is 5.00 Å². The maximum absolute atomic E-state index is 12.3. The van der Waals surface area contributed by atoms with Gasteiger partial charge in [0.15, 0.2) is 0 Å². The van der Waals surface area contributed by atoms with Crippen LogP contribution in [0.1, 0.15) is 33.8 Å². The molecule has 1 N–H and O–H groups in total. The Morgan fingerprint density at radius 2 is 2.27 bits per heavy atom. The monoisotopic (exact) mass is 426 g/mol. The van der Waals surface area contributed by atoms with E-state index in [1.54, 1.807) is 4.68 Å². The lowest BCUT2D eigenvalue weighted by Gasteiger charge is -2.06. The van der Waals surface area contributed by atoms with Gasteiger partial charge in [0.1, 0.15) is 17.6 Å². The molecule has 2 aromatic rings. The Morgan fingerprint density at radius 1 is 1.50 bits per heavy atom. The summed E-state index contributed by atoms with van der Waals surface area (Å²) in [5.41, 5.74) is 3.69. The lowest BCUT2D eigenvalue weighted by molar-refractivity contribution is -0.116. The molecule has 5 nitrogen and oxygen atoms in total. The Hall–Kier alpha value is -1.40. The molecule has 0 atom stereocenters. The SMILES string of the molecule is Cc1nn(CC(=O)Nc2sc3c(c2C#N)CCC3)c(C)c1I. The largest absolute Gasteiger partial charge is 0.315 e. The highest BCUT2D eigenvalue weighted by Crippen LogP contribution is 2.38. The summed E-state index contributed by atoms with van der Waals surface area (Å²) in [7, 11) is 0. The zero-order chi connectivity index (χ0) is 15.9. The summed E-state index contributed by atoms with van der Waals surface area (Å²) < 4.78 is 2.79. The van der Waals surface area contributed by atoms with Crippen molar-refractivity contribution in [3.63, 3.8) is 0 Å². The number of nitrogens with zero attached hydrogens (tertiary/aromatic N) is 3. The number of aryl methyl sites for hydroxylation is 2. The summed E-state index contributed by atoms with van der Waals surface area (Å²) in [4.78, 5) is 13.5. The number of thiophene rings is 1. The molecule has 114 valence electrons. The van der Waals surface area contributed by atoms with Gasteiger partial charge in [-0.05, 0) is 61.3 Å². The smallest absolute Gasteiger partial charge is 0.246 e. The molecule has 22 heavy (non-hydrogen) atoms. The number of anilines is 1. The lowest BCUT2D eigenvalue weighted by Crippen LogP contribution is -2.20. The summed E-state index contributed by atoms with van der Waals surface area (Å²) >= 11 is 3.77. The first-order valence-electron chi connectivity index (χ1n) is 7.05. The van der Waals surface area contributed by atoms with Gasteiger partial charge in [-0.15, -0.1) is 11.3 Å². The average Bonchev–Trinajstić information content (AvgIpc) is 3.10. The number of carbonyl (C=O) groups is 1. The summed E-state index contributed by atoms with van der Waals surface area (Å²) in [6.07, 6.45) is 3.06.